The van der Waals surface area contributed by atoms with Crippen LogP contribution in [0.25, 0.3) is 10.8 Å². The molecule has 1 aliphatic rings. The van der Waals surface area contributed by atoms with Gasteiger partial charge in [-0.1, -0.05) is 36.4 Å². The van der Waals surface area contributed by atoms with E-state index in [2.05, 4.69) is 5.10 Å². The molecule has 0 aliphatic carbocycles. The lowest BCUT2D eigenvalue weighted by Crippen LogP contribution is -2.36. The van der Waals surface area contributed by atoms with Crippen LogP contribution >= 0.6 is 0 Å². The monoisotopic (exact) mass is 374 g/mol. The third kappa shape index (κ3) is 2.99. The van der Waals surface area contributed by atoms with Gasteiger partial charge in [0.25, 0.3) is 11.8 Å². The number of amides is 2. The number of hydrazone groups is 1. The van der Waals surface area contributed by atoms with Crippen LogP contribution in [0.2, 0.25) is 0 Å². The number of benzene rings is 3. The molecule has 1 aliphatic heterocycles. The lowest BCUT2D eigenvalue weighted by Gasteiger charge is -2.23. The molecule has 0 aromatic heterocycles. The topological polar surface area (TPSA) is 96.3 Å². The summed E-state index contributed by atoms with van der Waals surface area (Å²) in [5, 5.41) is 15.1. The van der Waals surface area contributed by atoms with Gasteiger partial charge in [0.2, 0.25) is 0 Å². The van der Waals surface area contributed by atoms with Crippen LogP contribution in [0.4, 0.5) is 0 Å². The van der Waals surface area contributed by atoms with Gasteiger partial charge in [0, 0.05) is 10.9 Å². The van der Waals surface area contributed by atoms with E-state index in [9.17, 15) is 14.4 Å². The molecule has 4 rings (SSSR count). The number of hydrogen-bond donors (Lipinski definition) is 1. The molecule has 2 amide bonds. The van der Waals surface area contributed by atoms with Gasteiger partial charge in [-0.2, -0.15) is 10.1 Å². The summed E-state index contributed by atoms with van der Waals surface area (Å²) in [6, 6.07) is 17.1. The Morgan fingerprint density at radius 1 is 0.964 bits per heavy atom. The number of hydrogen-bond acceptors (Lipinski definition) is 5. The van der Waals surface area contributed by atoms with Crippen LogP contribution in [0.3, 0.4) is 0 Å². The van der Waals surface area contributed by atoms with Gasteiger partial charge in [-0.05, 0) is 29.7 Å². The first-order valence-electron chi connectivity index (χ1n) is 8.44. The predicted molar refractivity (Wildman–Crippen MR) is 102 cm³/mol. The highest BCUT2D eigenvalue weighted by Gasteiger charge is 2.32. The number of imide groups is 1. The van der Waals surface area contributed by atoms with E-state index in [4.69, 9.17) is 9.84 Å². The van der Waals surface area contributed by atoms with Crippen LogP contribution < -0.4 is 4.74 Å². The third-order valence-corrected chi connectivity index (χ3v) is 4.33. The average molecular weight is 374 g/mol. The zero-order valence-electron chi connectivity index (χ0n) is 14.5. The summed E-state index contributed by atoms with van der Waals surface area (Å²) in [5.41, 5.74) is 1.25. The van der Waals surface area contributed by atoms with Crippen LogP contribution in [0.1, 0.15) is 26.3 Å². The van der Waals surface area contributed by atoms with Gasteiger partial charge < -0.3 is 9.84 Å². The molecule has 0 atom stereocenters. The van der Waals surface area contributed by atoms with Crippen LogP contribution in [-0.2, 0) is 4.79 Å². The number of rotatable bonds is 5. The van der Waals surface area contributed by atoms with Gasteiger partial charge in [0.05, 0.1) is 17.3 Å². The molecule has 0 saturated heterocycles. The van der Waals surface area contributed by atoms with E-state index in [1.165, 1.54) is 6.21 Å². The van der Waals surface area contributed by atoms with Crippen molar-refractivity contribution >= 4 is 34.8 Å². The second-order valence-corrected chi connectivity index (χ2v) is 6.10. The predicted octanol–water partition coefficient (Wildman–Crippen LogP) is 2.93. The Morgan fingerprint density at radius 2 is 1.61 bits per heavy atom. The van der Waals surface area contributed by atoms with Crippen molar-refractivity contribution in [3.8, 4) is 5.75 Å². The quantitative estimate of drug-likeness (QED) is 0.547. The van der Waals surface area contributed by atoms with E-state index in [0.717, 1.165) is 10.4 Å². The van der Waals surface area contributed by atoms with E-state index in [0.29, 0.717) is 22.1 Å². The fraction of sp³-hybridized carbons (Fsp3) is 0.0476. The summed E-state index contributed by atoms with van der Waals surface area (Å²) in [4.78, 5) is 36.4. The minimum absolute atomic E-state index is 0.285. The van der Waals surface area contributed by atoms with Crippen molar-refractivity contribution in [2.24, 2.45) is 5.10 Å². The minimum atomic E-state index is -1.11. The van der Waals surface area contributed by atoms with Gasteiger partial charge in [0.1, 0.15) is 5.75 Å². The third-order valence-electron chi connectivity index (χ3n) is 4.33. The molecule has 7 nitrogen and oxygen atoms in total. The number of nitrogens with zero attached hydrogens (tertiary/aromatic N) is 2. The fourth-order valence-electron chi connectivity index (χ4n) is 3.10. The Morgan fingerprint density at radius 3 is 2.25 bits per heavy atom. The summed E-state index contributed by atoms with van der Waals surface area (Å²) < 4.78 is 5.22. The Kier molecular flexibility index (Phi) is 4.33. The molecular weight excluding hydrogens is 360 g/mol. The number of aliphatic carboxylic acids is 1. The van der Waals surface area contributed by atoms with E-state index in [1.807, 2.05) is 12.1 Å². The highest BCUT2D eigenvalue weighted by molar-refractivity contribution is 6.25. The molecule has 28 heavy (non-hydrogen) atoms. The Labute approximate surface area is 159 Å². The summed E-state index contributed by atoms with van der Waals surface area (Å²) >= 11 is 0. The van der Waals surface area contributed by atoms with Crippen molar-refractivity contribution in [1.82, 2.24) is 5.01 Å². The molecule has 3 aromatic rings. The van der Waals surface area contributed by atoms with Crippen molar-refractivity contribution in [2.75, 3.05) is 6.61 Å². The van der Waals surface area contributed by atoms with Crippen LogP contribution in [0.15, 0.2) is 65.8 Å². The van der Waals surface area contributed by atoms with Gasteiger partial charge in [-0.3, -0.25) is 9.59 Å². The molecule has 3 aromatic carbocycles. The van der Waals surface area contributed by atoms with Crippen LogP contribution in [0, 0.1) is 0 Å². The number of para-hydroxylation sites is 1. The van der Waals surface area contributed by atoms with Crippen molar-refractivity contribution in [3.63, 3.8) is 0 Å². The molecular formula is C21H14N2O5. The normalized spacial score (nSPS) is 13.4. The lowest BCUT2D eigenvalue weighted by molar-refractivity contribution is -0.139. The van der Waals surface area contributed by atoms with Gasteiger partial charge in [-0.15, -0.1) is 0 Å². The van der Waals surface area contributed by atoms with Crippen LogP contribution in [-0.4, -0.2) is 40.7 Å². The summed E-state index contributed by atoms with van der Waals surface area (Å²) in [6.45, 7) is -0.512. The maximum Gasteiger partial charge on any atom is 0.341 e. The highest BCUT2D eigenvalue weighted by Crippen LogP contribution is 2.30. The first-order chi connectivity index (χ1) is 13.6. The van der Waals surface area contributed by atoms with Gasteiger partial charge >= 0.3 is 5.97 Å². The van der Waals surface area contributed by atoms with Crippen LogP contribution in [0.5, 0.6) is 5.75 Å². The Hall–Kier alpha value is -4.00. The van der Waals surface area contributed by atoms with Gasteiger partial charge in [0.15, 0.2) is 6.61 Å². The fourth-order valence-corrected chi connectivity index (χ4v) is 3.10. The van der Waals surface area contributed by atoms with Crippen molar-refractivity contribution in [1.29, 1.82) is 0 Å². The summed E-state index contributed by atoms with van der Waals surface area (Å²) in [5.74, 6) is -1.87. The summed E-state index contributed by atoms with van der Waals surface area (Å²) in [7, 11) is 0. The minimum Gasteiger partial charge on any atom is -0.481 e. The average Bonchev–Trinajstić information content (AvgIpc) is 2.71. The molecule has 0 bridgehead atoms. The van der Waals surface area contributed by atoms with E-state index < -0.39 is 24.4 Å². The maximum atomic E-state index is 12.8. The van der Waals surface area contributed by atoms with Crippen molar-refractivity contribution < 1.29 is 24.2 Å². The number of ether oxygens (including phenoxy) is 1. The molecule has 0 spiro atoms. The Balaban J connectivity index is 1.69. The zero-order chi connectivity index (χ0) is 19.7. The number of carbonyl (C=O) groups excluding carboxylic acids is 2. The second kappa shape index (κ2) is 6.96. The zero-order valence-corrected chi connectivity index (χ0v) is 14.5. The lowest BCUT2D eigenvalue weighted by atomic mass is 9.95. The second-order valence-electron chi connectivity index (χ2n) is 6.10. The van der Waals surface area contributed by atoms with Gasteiger partial charge in [-0.25, -0.2) is 4.79 Å². The molecule has 0 fully saturated rings. The smallest absolute Gasteiger partial charge is 0.341 e. The Bertz CT molecular complexity index is 1100. The maximum absolute atomic E-state index is 12.8. The van der Waals surface area contributed by atoms with E-state index in [-0.39, 0.29) is 5.75 Å². The molecule has 1 N–H and O–H groups in total. The molecule has 0 saturated carbocycles. The first-order valence-corrected chi connectivity index (χ1v) is 8.44. The largest absolute Gasteiger partial charge is 0.481 e. The van der Waals surface area contributed by atoms with E-state index in [1.54, 1.807) is 48.5 Å². The standard InChI is InChI=1S/C21H14N2O5/c24-18(25)12-28-17-10-2-1-5-14(17)11-22-23-20(26)15-8-3-6-13-7-4-9-16(19(13)15)21(23)27/h1-11H,12H2,(H,24,25)/b22-11-. The molecule has 0 unspecified atom stereocenters. The molecule has 0 radical (unpaired) electrons. The van der Waals surface area contributed by atoms with Crippen molar-refractivity contribution in [2.45, 2.75) is 0 Å². The first kappa shape index (κ1) is 17.4. The molecule has 7 heteroatoms. The number of carbonyl (C=O) groups is 3. The number of carboxylic acid groups (broad SMARTS) is 1. The summed E-state index contributed by atoms with van der Waals surface area (Å²) in [6.07, 6.45) is 1.31. The van der Waals surface area contributed by atoms with Crippen molar-refractivity contribution in [3.05, 3.63) is 77.4 Å². The van der Waals surface area contributed by atoms with E-state index >= 15 is 0 Å². The molecule has 1 heterocycles. The SMILES string of the molecule is O=C(O)COc1ccccc1/C=N\N1C(=O)c2cccc3cccc(c23)C1=O. The molecule has 138 valence electrons. The number of carboxylic acids is 1. The highest BCUT2D eigenvalue weighted by atomic mass is 16.5.